The molecule has 1 unspecified atom stereocenters. The minimum atomic E-state index is -2.87. The highest BCUT2D eigenvalue weighted by Crippen LogP contribution is 2.38. The van der Waals surface area contributed by atoms with Gasteiger partial charge in [0.25, 0.3) is 0 Å². The lowest BCUT2D eigenvalue weighted by atomic mass is 10.1. The van der Waals surface area contributed by atoms with E-state index in [1.807, 2.05) is 60.7 Å². The van der Waals surface area contributed by atoms with Gasteiger partial charge >= 0.3 is 0 Å². The Morgan fingerprint density at radius 2 is 1.32 bits per heavy atom. The minimum Gasteiger partial charge on any atom is -0.389 e. The summed E-state index contributed by atoms with van der Waals surface area (Å²) in [6.45, 7) is 8.26. The summed E-state index contributed by atoms with van der Waals surface area (Å²) in [4.78, 5) is 14.3. The smallest absolute Gasteiger partial charge is 0.205 e. The van der Waals surface area contributed by atoms with E-state index in [-0.39, 0.29) is 10.4 Å². The molecular weight excluding hydrogens is 360 g/mol. The Bertz CT molecular complexity index is 902. The number of aliphatic hydroxyl groups excluding tert-OH is 1. The van der Waals surface area contributed by atoms with E-state index in [9.17, 15) is 9.90 Å². The van der Waals surface area contributed by atoms with E-state index in [0.29, 0.717) is 5.56 Å². The highest BCUT2D eigenvalue weighted by atomic mass is 28.3. The molecule has 0 heterocycles. The van der Waals surface area contributed by atoms with Gasteiger partial charge in [-0.1, -0.05) is 99.6 Å². The summed E-state index contributed by atoms with van der Waals surface area (Å²) in [5.41, 5.74) is 1.44. The molecule has 2 nitrogen and oxygen atoms in total. The first-order valence-corrected chi connectivity index (χ1v) is 11.7. The van der Waals surface area contributed by atoms with Crippen molar-refractivity contribution in [3.8, 4) is 0 Å². The minimum absolute atomic E-state index is 0.180. The van der Waals surface area contributed by atoms with Crippen LogP contribution in [0, 0.1) is 0 Å². The predicted molar refractivity (Wildman–Crippen MR) is 119 cm³/mol. The van der Waals surface area contributed by atoms with Crippen LogP contribution in [0.4, 0.5) is 0 Å². The van der Waals surface area contributed by atoms with E-state index in [4.69, 9.17) is 0 Å². The van der Waals surface area contributed by atoms with E-state index < -0.39 is 14.2 Å². The normalized spacial score (nSPS) is 13.2. The fourth-order valence-corrected chi connectivity index (χ4v) is 9.41. The van der Waals surface area contributed by atoms with E-state index in [1.54, 1.807) is 6.92 Å². The second-order valence-electron chi connectivity index (χ2n) is 8.36. The van der Waals surface area contributed by atoms with Gasteiger partial charge in [0, 0.05) is 5.56 Å². The molecule has 0 fully saturated rings. The molecule has 0 aliphatic carbocycles. The van der Waals surface area contributed by atoms with Gasteiger partial charge in [-0.15, -0.1) is 0 Å². The van der Waals surface area contributed by atoms with Crippen molar-refractivity contribution >= 4 is 23.9 Å². The molecule has 3 heteroatoms. The van der Waals surface area contributed by atoms with Gasteiger partial charge in [0.15, 0.2) is 5.41 Å². The SMILES string of the molecule is CC(O)c1cccc(C(=O)[Si](c2ccccc2)(c2ccccc2)C(C)(C)C)c1. The van der Waals surface area contributed by atoms with E-state index >= 15 is 0 Å². The third-order valence-corrected chi connectivity index (χ3v) is 11.1. The number of aliphatic hydroxyl groups is 1. The molecule has 0 saturated heterocycles. The van der Waals surface area contributed by atoms with E-state index in [1.165, 1.54) is 0 Å². The molecule has 0 amide bonds. The van der Waals surface area contributed by atoms with Crippen molar-refractivity contribution in [2.75, 3.05) is 0 Å². The van der Waals surface area contributed by atoms with Gasteiger partial charge < -0.3 is 5.11 Å². The first-order valence-electron chi connectivity index (χ1n) is 9.72. The Kier molecular flexibility index (Phi) is 5.68. The summed E-state index contributed by atoms with van der Waals surface area (Å²) in [7, 11) is -2.87. The van der Waals surface area contributed by atoms with Crippen LogP contribution in [0.3, 0.4) is 0 Å². The first kappa shape index (κ1) is 20.2. The van der Waals surface area contributed by atoms with Crippen LogP contribution in [0.25, 0.3) is 0 Å². The average Bonchev–Trinajstić information content (AvgIpc) is 2.69. The Morgan fingerprint density at radius 3 is 1.75 bits per heavy atom. The average molecular weight is 389 g/mol. The van der Waals surface area contributed by atoms with Crippen molar-refractivity contribution in [2.45, 2.75) is 38.8 Å². The monoisotopic (exact) mass is 388 g/mol. The lowest BCUT2D eigenvalue weighted by molar-refractivity contribution is 0.106. The molecule has 144 valence electrons. The zero-order chi connectivity index (χ0) is 20.4. The fraction of sp³-hybridized carbons (Fsp3) is 0.240. The van der Waals surface area contributed by atoms with Gasteiger partial charge in [-0.05, 0) is 34.0 Å². The van der Waals surface area contributed by atoms with Crippen LogP contribution >= 0.6 is 0 Å². The Morgan fingerprint density at radius 1 is 0.821 bits per heavy atom. The molecule has 0 aromatic heterocycles. The summed E-state index contributed by atoms with van der Waals surface area (Å²) >= 11 is 0. The molecule has 1 atom stereocenters. The zero-order valence-electron chi connectivity index (χ0n) is 17.0. The van der Waals surface area contributed by atoms with E-state index in [0.717, 1.165) is 15.9 Å². The van der Waals surface area contributed by atoms with Crippen LogP contribution in [-0.2, 0) is 0 Å². The van der Waals surface area contributed by atoms with Crippen LogP contribution < -0.4 is 10.4 Å². The van der Waals surface area contributed by atoms with Crippen LogP contribution in [-0.4, -0.2) is 18.6 Å². The molecule has 28 heavy (non-hydrogen) atoms. The van der Waals surface area contributed by atoms with Crippen molar-refractivity contribution in [1.82, 2.24) is 0 Å². The molecule has 0 bridgehead atoms. The van der Waals surface area contributed by atoms with Crippen molar-refractivity contribution in [3.63, 3.8) is 0 Å². The van der Waals surface area contributed by atoms with Gasteiger partial charge in [0.2, 0.25) is 8.07 Å². The lowest BCUT2D eigenvalue weighted by Crippen LogP contribution is -2.70. The molecule has 0 spiro atoms. The highest BCUT2D eigenvalue weighted by molar-refractivity contribution is 7.25. The summed E-state index contributed by atoms with van der Waals surface area (Å²) in [6.07, 6.45) is -0.605. The number of hydrogen-bond donors (Lipinski definition) is 1. The molecule has 0 aliphatic rings. The number of rotatable bonds is 5. The molecule has 1 N–H and O–H groups in total. The van der Waals surface area contributed by atoms with Crippen molar-refractivity contribution in [2.24, 2.45) is 0 Å². The summed E-state index contributed by atoms with van der Waals surface area (Å²) < 4.78 is 0. The molecule has 0 aliphatic heterocycles. The van der Waals surface area contributed by atoms with Gasteiger partial charge in [-0.2, -0.15) is 0 Å². The van der Waals surface area contributed by atoms with Crippen LogP contribution in [0.5, 0.6) is 0 Å². The number of carbonyl (C=O) groups is 1. The molecule has 3 aromatic rings. The van der Waals surface area contributed by atoms with Crippen LogP contribution in [0.1, 0.15) is 49.7 Å². The largest absolute Gasteiger partial charge is 0.389 e. The quantitative estimate of drug-likeness (QED) is 0.652. The van der Waals surface area contributed by atoms with Crippen LogP contribution in [0.2, 0.25) is 5.04 Å². The van der Waals surface area contributed by atoms with E-state index in [2.05, 4.69) is 45.0 Å². The maximum absolute atomic E-state index is 14.3. The maximum Gasteiger partial charge on any atom is 0.205 e. The molecular formula is C25H28O2Si. The molecule has 0 saturated carbocycles. The standard InChI is InChI=1S/C25H28O2Si/c1-19(26)20-12-11-13-21(18-20)24(27)28(25(2,3)4,22-14-7-5-8-15-22)23-16-9-6-10-17-23/h5-19,26H,1-4H3. The number of hydrogen-bond acceptors (Lipinski definition) is 2. The summed E-state index contributed by atoms with van der Waals surface area (Å²) in [5.74, 6) is 0. The Hall–Kier alpha value is -2.49. The van der Waals surface area contributed by atoms with Gasteiger partial charge in [0.05, 0.1) is 6.10 Å². The number of benzene rings is 3. The molecule has 3 rings (SSSR count). The van der Waals surface area contributed by atoms with Crippen molar-refractivity contribution < 1.29 is 9.90 Å². The van der Waals surface area contributed by atoms with Crippen molar-refractivity contribution in [1.29, 1.82) is 0 Å². The summed E-state index contributed by atoms with van der Waals surface area (Å²) in [5, 5.41) is 12.2. The summed E-state index contributed by atoms with van der Waals surface area (Å²) in [6, 6.07) is 27.9. The lowest BCUT2D eigenvalue weighted by Gasteiger charge is -2.42. The van der Waals surface area contributed by atoms with Gasteiger partial charge in [-0.25, -0.2) is 0 Å². The first-order chi connectivity index (χ1) is 13.3. The van der Waals surface area contributed by atoms with Crippen LogP contribution in [0.15, 0.2) is 84.9 Å². The second-order valence-corrected chi connectivity index (χ2v) is 13.0. The fourth-order valence-electron chi connectivity index (χ4n) is 4.17. The molecule has 0 radical (unpaired) electrons. The predicted octanol–water partition coefficient (Wildman–Crippen LogP) is 4.53. The second kappa shape index (κ2) is 7.86. The van der Waals surface area contributed by atoms with Gasteiger partial charge in [0.1, 0.15) is 0 Å². The maximum atomic E-state index is 14.3. The highest BCUT2D eigenvalue weighted by Gasteiger charge is 2.54. The molecule has 3 aromatic carbocycles. The topological polar surface area (TPSA) is 37.3 Å². The van der Waals surface area contributed by atoms with Gasteiger partial charge in [-0.3, -0.25) is 4.79 Å². The van der Waals surface area contributed by atoms with Crippen molar-refractivity contribution in [3.05, 3.63) is 96.1 Å². The number of carbonyl (C=O) groups excluding carboxylic acids is 1. The Labute approximate surface area is 168 Å². The third kappa shape index (κ3) is 3.48. The zero-order valence-corrected chi connectivity index (χ0v) is 18.0. The Balaban J connectivity index is 2.33. The third-order valence-electron chi connectivity index (χ3n) is 5.51.